The van der Waals surface area contributed by atoms with Crippen LogP contribution < -0.4 is 14.8 Å². The molecule has 0 heterocycles. The number of hydrogen-bond acceptors (Lipinski definition) is 4. The van der Waals surface area contributed by atoms with Gasteiger partial charge in [-0.3, -0.25) is 4.79 Å². The summed E-state index contributed by atoms with van der Waals surface area (Å²) in [5.74, 6) is 3.23. The van der Waals surface area contributed by atoms with Crippen molar-refractivity contribution >= 4 is 17.7 Å². The highest BCUT2D eigenvalue weighted by Gasteiger charge is 2.12. The van der Waals surface area contributed by atoms with Crippen LogP contribution in [0, 0.1) is 12.8 Å². The number of carbonyl (C=O) groups excluding carboxylic acids is 1. The molecule has 0 radical (unpaired) electrons. The van der Waals surface area contributed by atoms with E-state index in [1.807, 2.05) is 26.0 Å². The van der Waals surface area contributed by atoms with Gasteiger partial charge in [0.15, 0.2) is 11.5 Å². The Morgan fingerprint density at radius 3 is 2.32 bits per heavy atom. The molecule has 1 rings (SSSR count). The minimum atomic E-state index is 0.0873. The molecular weight excluding hydrogens is 298 g/mol. The first kappa shape index (κ1) is 18.7. The van der Waals surface area contributed by atoms with E-state index in [1.54, 1.807) is 26.0 Å². The number of amides is 1. The van der Waals surface area contributed by atoms with Crippen LogP contribution in [0.15, 0.2) is 12.1 Å². The molecule has 0 bridgehead atoms. The number of aryl methyl sites for hydroxylation is 1. The molecule has 1 amide bonds. The number of ether oxygens (including phenoxy) is 2. The van der Waals surface area contributed by atoms with Crippen molar-refractivity contribution in [2.24, 2.45) is 5.92 Å². The number of nitrogens with one attached hydrogen (secondary N) is 1. The van der Waals surface area contributed by atoms with Gasteiger partial charge >= 0.3 is 0 Å². The SMILES string of the molecule is COc1cc(C)c(CSCC(=O)N[C@@H](C)C(C)C)cc1OC. The zero-order valence-corrected chi connectivity index (χ0v) is 15.2. The van der Waals surface area contributed by atoms with Crippen LogP contribution in [0.1, 0.15) is 31.9 Å². The molecule has 0 saturated heterocycles. The molecule has 0 aromatic heterocycles. The topological polar surface area (TPSA) is 47.6 Å². The van der Waals surface area contributed by atoms with Gasteiger partial charge in [-0.25, -0.2) is 0 Å². The van der Waals surface area contributed by atoms with Crippen molar-refractivity contribution in [1.29, 1.82) is 0 Å². The first-order valence-corrected chi connectivity index (χ1v) is 8.63. The molecule has 22 heavy (non-hydrogen) atoms. The Hall–Kier alpha value is -1.36. The summed E-state index contributed by atoms with van der Waals surface area (Å²) in [5.41, 5.74) is 2.30. The summed E-state index contributed by atoms with van der Waals surface area (Å²) in [7, 11) is 3.26. The maximum absolute atomic E-state index is 11.9. The first-order valence-electron chi connectivity index (χ1n) is 7.47. The fourth-order valence-electron chi connectivity index (χ4n) is 1.89. The number of thioether (sulfide) groups is 1. The zero-order valence-electron chi connectivity index (χ0n) is 14.4. The Morgan fingerprint density at radius 1 is 1.18 bits per heavy atom. The molecule has 0 unspecified atom stereocenters. The first-order chi connectivity index (χ1) is 10.4. The Labute approximate surface area is 138 Å². The van der Waals surface area contributed by atoms with Crippen LogP contribution in [0.2, 0.25) is 0 Å². The monoisotopic (exact) mass is 325 g/mol. The molecule has 0 aliphatic carbocycles. The van der Waals surface area contributed by atoms with Crippen LogP contribution in [0.3, 0.4) is 0 Å². The predicted octanol–water partition coefficient (Wildman–Crippen LogP) is 3.41. The van der Waals surface area contributed by atoms with Crippen molar-refractivity contribution in [2.75, 3.05) is 20.0 Å². The normalized spacial score (nSPS) is 12.1. The van der Waals surface area contributed by atoms with E-state index in [0.717, 1.165) is 28.4 Å². The summed E-state index contributed by atoms with van der Waals surface area (Å²) in [6, 6.07) is 4.15. The van der Waals surface area contributed by atoms with Crippen LogP contribution in [-0.4, -0.2) is 31.9 Å². The standard InChI is InChI=1S/C17H27NO3S/c1-11(2)13(4)18-17(19)10-22-9-14-8-16(21-6)15(20-5)7-12(14)3/h7-8,11,13H,9-10H2,1-6H3,(H,18,19)/t13-/m0/s1. The molecule has 124 valence electrons. The van der Waals surface area contributed by atoms with Gasteiger partial charge in [0.1, 0.15) is 0 Å². The smallest absolute Gasteiger partial charge is 0.230 e. The number of benzene rings is 1. The molecule has 1 aromatic rings. The van der Waals surface area contributed by atoms with Gasteiger partial charge in [-0.1, -0.05) is 13.8 Å². The number of rotatable bonds is 8. The molecule has 0 fully saturated rings. The Bertz CT molecular complexity index is 503. The minimum Gasteiger partial charge on any atom is -0.493 e. The van der Waals surface area contributed by atoms with Gasteiger partial charge in [-0.2, -0.15) is 0 Å². The fraction of sp³-hybridized carbons (Fsp3) is 0.588. The van der Waals surface area contributed by atoms with Gasteiger partial charge in [-0.15, -0.1) is 11.8 Å². The molecule has 4 nitrogen and oxygen atoms in total. The molecule has 1 aromatic carbocycles. The molecular formula is C17H27NO3S. The number of hydrogen-bond donors (Lipinski definition) is 1. The molecule has 0 saturated carbocycles. The lowest BCUT2D eigenvalue weighted by Gasteiger charge is -2.17. The second-order valence-corrected chi connectivity index (χ2v) is 6.71. The Balaban J connectivity index is 2.56. The van der Waals surface area contributed by atoms with E-state index in [9.17, 15) is 4.79 Å². The van der Waals surface area contributed by atoms with Crippen LogP contribution in [-0.2, 0) is 10.5 Å². The Kier molecular flexibility index (Phi) is 7.59. The van der Waals surface area contributed by atoms with Crippen LogP contribution in [0.4, 0.5) is 0 Å². The maximum atomic E-state index is 11.9. The van der Waals surface area contributed by atoms with Crippen molar-refractivity contribution in [2.45, 2.75) is 39.5 Å². The third-order valence-electron chi connectivity index (χ3n) is 3.72. The van der Waals surface area contributed by atoms with Crippen molar-refractivity contribution < 1.29 is 14.3 Å². The van der Waals surface area contributed by atoms with Crippen molar-refractivity contribution in [3.63, 3.8) is 0 Å². The average molecular weight is 325 g/mol. The number of methoxy groups -OCH3 is 2. The van der Waals surface area contributed by atoms with Gasteiger partial charge in [-0.05, 0) is 43.0 Å². The summed E-state index contributed by atoms with van der Waals surface area (Å²) in [4.78, 5) is 11.9. The largest absolute Gasteiger partial charge is 0.493 e. The van der Waals surface area contributed by atoms with Gasteiger partial charge < -0.3 is 14.8 Å². The molecule has 1 N–H and O–H groups in total. The fourth-order valence-corrected chi connectivity index (χ4v) is 2.80. The van der Waals surface area contributed by atoms with Crippen LogP contribution in [0.5, 0.6) is 11.5 Å². The second kappa shape index (κ2) is 8.93. The summed E-state index contributed by atoms with van der Waals surface area (Å²) in [6.45, 7) is 8.28. The summed E-state index contributed by atoms with van der Waals surface area (Å²) >= 11 is 1.61. The Morgan fingerprint density at radius 2 is 1.77 bits per heavy atom. The predicted molar refractivity (Wildman–Crippen MR) is 92.9 cm³/mol. The van der Waals surface area contributed by atoms with E-state index in [2.05, 4.69) is 19.2 Å². The summed E-state index contributed by atoms with van der Waals surface area (Å²) in [5, 5.41) is 3.02. The highest BCUT2D eigenvalue weighted by atomic mass is 32.2. The third-order valence-corrected chi connectivity index (χ3v) is 4.70. The summed E-state index contributed by atoms with van der Waals surface area (Å²) < 4.78 is 10.6. The highest BCUT2D eigenvalue weighted by Crippen LogP contribution is 2.31. The summed E-state index contributed by atoms with van der Waals surface area (Å²) in [6.07, 6.45) is 0. The zero-order chi connectivity index (χ0) is 16.7. The average Bonchev–Trinajstić information content (AvgIpc) is 2.48. The van der Waals surface area contributed by atoms with Gasteiger partial charge in [0.25, 0.3) is 0 Å². The quantitative estimate of drug-likeness (QED) is 0.796. The lowest BCUT2D eigenvalue weighted by atomic mass is 10.1. The lowest BCUT2D eigenvalue weighted by molar-refractivity contribution is -0.119. The van der Waals surface area contributed by atoms with Crippen molar-refractivity contribution in [3.8, 4) is 11.5 Å². The van der Waals surface area contributed by atoms with Gasteiger partial charge in [0, 0.05) is 11.8 Å². The van der Waals surface area contributed by atoms with Crippen LogP contribution in [0.25, 0.3) is 0 Å². The van der Waals surface area contributed by atoms with Gasteiger partial charge in [0.05, 0.1) is 20.0 Å². The van der Waals surface area contributed by atoms with E-state index < -0.39 is 0 Å². The second-order valence-electron chi connectivity index (χ2n) is 5.73. The molecule has 0 aliphatic heterocycles. The van der Waals surface area contributed by atoms with E-state index in [1.165, 1.54) is 0 Å². The van der Waals surface area contributed by atoms with E-state index in [4.69, 9.17) is 9.47 Å². The van der Waals surface area contributed by atoms with Crippen LogP contribution >= 0.6 is 11.8 Å². The minimum absolute atomic E-state index is 0.0873. The highest BCUT2D eigenvalue weighted by molar-refractivity contribution is 7.99. The third kappa shape index (κ3) is 5.44. The number of carbonyl (C=O) groups is 1. The van der Waals surface area contributed by atoms with E-state index >= 15 is 0 Å². The van der Waals surface area contributed by atoms with Gasteiger partial charge in [0.2, 0.25) is 5.91 Å². The van der Waals surface area contributed by atoms with Crippen molar-refractivity contribution in [1.82, 2.24) is 5.32 Å². The lowest BCUT2D eigenvalue weighted by Crippen LogP contribution is -2.37. The van der Waals surface area contributed by atoms with E-state index in [-0.39, 0.29) is 11.9 Å². The molecule has 5 heteroatoms. The molecule has 0 aliphatic rings. The molecule has 0 spiro atoms. The van der Waals surface area contributed by atoms with Crippen molar-refractivity contribution in [3.05, 3.63) is 23.3 Å². The van der Waals surface area contributed by atoms with E-state index in [0.29, 0.717) is 11.7 Å². The maximum Gasteiger partial charge on any atom is 0.230 e. The molecule has 1 atom stereocenters.